The lowest BCUT2D eigenvalue weighted by Gasteiger charge is -2.31. The van der Waals surface area contributed by atoms with Crippen LogP contribution in [-0.2, 0) is 23.2 Å². The number of fused-ring (bicyclic) bond motifs is 1. The third kappa shape index (κ3) is 6.20. The van der Waals surface area contributed by atoms with Gasteiger partial charge < -0.3 is 15.0 Å². The zero-order chi connectivity index (χ0) is 27.4. The predicted octanol–water partition coefficient (Wildman–Crippen LogP) is 6.62. The first-order valence-corrected chi connectivity index (χ1v) is 13.3. The molecular formula is C34H34N2O3. The van der Waals surface area contributed by atoms with Crippen LogP contribution < -0.4 is 15.0 Å². The van der Waals surface area contributed by atoms with Crippen LogP contribution >= 0.6 is 0 Å². The Morgan fingerprint density at radius 2 is 1.56 bits per heavy atom. The molecule has 0 aromatic heterocycles. The van der Waals surface area contributed by atoms with E-state index in [1.165, 1.54) is 0 Å². The average molecular weight is 519 g/mol. The number of nitrogens with one attached hydrogen (secondary N) is 1. The molecule has 5 rings (SSSR count). The zero-order valence-corrected chi connectivity index (χ0v) is 22.7. The van der Waals surface area contributed by atoms with Crippen LogP contribution in [0.4, 0.5) is 5.69 Å². The average Bonchev–Trinajstić information content (AvgIpc) is 2.94. The minimum atomic E-state index is -0.173. The summed E-state index contributed by atoms with van der Waals surface area (Å²) in [6.45, 7) is 6.80. The summed E-state index contributed by atoms with van der Waals surface area (Å²) in [5.74, 6) is 0.448. The van der Waals surface area contributed by atoms with Gasteiger partial charge in [0.15, 0.2) is 6.61 Å². The Hall–Kier alpha value is -4.38. The van der Waals surface area contributed by atoms with Crippen molar-refractivity contribution in [2.24, 2.45) is 0 Å². The third-order valence-corrected chi connectivity index (χ3v) is 7.09. The highest BCUT2D eigenvalue weighted by atomic mass is 16.5. The van der Waals surface area contributed by atoms with Gasteiger partial charge in [-0.2, -0.15) is 0 Å². The Labute approximate surface area is 230 Å². The topological polar surface area (TPSA) is 58.6 Å². The van der Waals surface area contributed by atoms with Crippen molar-refractivity contribution in [2.45, 2.75) is 45.2 Å². The molecule has 0 radical (unpaired) electrons. The molecule has 198 valence electrons. The van der Waals surface area contributed by atoms with Crippen molar-refractivity contribution in [1.29, 1.82) is 0 Å². The Kier molecular flexibility index (Phi) is 7.51. The van der Waals surface area contributed by atoms with Crippen LogP contribution in [0.1, 0.15) is 59.4 Å². The summed E-state index contributed by atoms with van der Waals surface area (Å²) in [6, 6.07) is 33.6. The Balaban J connectivity index is 1.38. The molecular weight excluding hydrogens is 484 g/mol. The molecule has 1 heterocycles. The van der Waals surface area contributed by atoms with Gasteiger partial charge in [0.1, 0.15) is 5.75 Å². The van der Waals surface area contributed by atoms with Gasteiger partial charge in [-0.05, 0) is 58.4 Å². The minimum Gasteiger partial charge on any atom is -0.482 e. The highest BCUT2D eigenvalue weighted by Gasteiger charge is 2.28. The van der Waals surface area contributed by atoms with E-state index in [0.29, 0.717) is 24.3 Å². The lowest BCUT2D eigenvalue weighted by atomic mass is 9.86. The maximum absolute atomic E-state index is 13.5. The zero-order valence-electron chi connectivity index (χ0n) is 22.7. The van der Waals surface area contributed by atoms with E-state index >= 15 is 0 Å². The van der Waals surface area contributed by atoms with E-state index < -0.39 is 0 Å². The number of nitrogens with zero attached hydrogens (tertiary/aromatic N) is 1. The quantitative estimate of drug-likeness (QED) is 0.299. The highest BCUT2D eigenvalue weighted by molar-refractivity contribution is 5.98. The molecule has 1 atom stereocenters. The van der Waals surface area contributed by atoms with Crippen molar-refractivity contribution >= 4 is 17.5 Å². The van der Waals surface area contributed by atoms with Crippen LogP contribution in [0.25, 0.3) is 0 Å². The summed E-state index contributed by atoms with van der Waals surface area (Å²) in [4.78, 5) is 28.2. The molecule has 1 unspecified atom stereocenters. The lowest BCUT2D eigenvalue weighted by molar-refractivity contribution is -0.121. The van der Waals surface area contributed by atoms with Gasteiger partial charge in [-0.3, -0.25) is 9.59 Å². The van der Waals surface area contributed by atoms with Crippen molar-refractivity contribution in [3.05, 3.63) is 131 Å². The van der Waals surface area contributed by atoms with Gasteiger partial charge in [0.25, 0.3) is 11.8 Å². The molecule has 0 saturated carbocycles. The monoisotopic (exact) mass is 518 g/mol. The molecule has 4 aromatic carbocycles. The fourth-order valence-electron chi connectivity index (χ4n) is 4.86. The smallest absolute Gasteiger partial charge is 0.265 e. The van der Waals surface area contributed by atoms with E-state index in [1.54, 1.807) is 4.90 Å². The Morgan fingerprint density at radius 3 is 2.28 bits per heavy atom. The van der Waals surface area contributed by atoms with Crippen molar-refractivity contribution in [3.63, 3.8) is 0 Å². The van der Waals surface area contributed by atoms with Gasteiger partial charge in [-0.15, -0.1) is 0 Å². The van der Waals surface area contributed by atoms with Gasteiger partial charge >= 0.3 is 0 Å². The Morgan fingerprint density at radius 1 is 0.872 bits per heavy atom. The van der Waals surface area contributed by atoms with Crippen LogP contribution in [0.15, 0.2) is 103 Å². The molecule has 4 aromatic rings. The normalized spacial score (nSPS) is 13.8. The summed E-state index contributed by atoms with van der Waals surface area (Å²) in [7, 11) is 0. The van der Waals surface area contributed by atoms with Crippen molar-refractivity contribution in [1.82, 2.24) is 5.32 Å². The SMILES string of the molecule is CC(C)(C)c1ccc2c(c1)N(Cc1cccc(C(=O)NC(Cc3ccccc3)c3ccccc3)c1)C(=O)CO2. The standard InChI is InChI=1S/C34H34N2O3/c1-34(2,3)28-17-18-31-30(21-28)36(32(37)23-39-31)22-25-13-10-16-27(19-25)33(38)35-29(26-14-8-5-9-15-26)20-24-11-6-4-7-12-24/h4-19,21,29H,20,22-23H2,1-3H3,(H,35,38). The number of amides is 2. The largest absolute Gasteiger partial charge is 0.482 e. The number of hydrogen-bond donors (Lipinski definition) is 1. The van der Waals surface area contributed by atoms with E-state index in [2.05, 4.69) is 44.3 Å². The van der Waals surface area contributed by atoms with E-state index in [-0.39, 0.29) is 29.9 Å². The number of carbonyl (C=O) groups excluding carboxylic acids is 2. The molecule has 1 N–H and O–H groups in total. The maximum atomic E-state index is 13.5. The minimum absolute atomic E-state index is 0.000281. The first-order valence-electron chi connectivity index (χ1n) is 13.3. The fraction of sp³-hybridized carbons (Fsp3) is 0.235. The van der Waals surface area contributed by atoms with E-state index in [0.717, 1.165) is 27.9 Å². The molecule has 0 saturated heterocycles. The molecule has 5 heteroatoms. The number of rotatable bonds is 7. The fourth-order valence-corrected chi connectivity index (χ4v) is 4.86. The van der Waals surface area contributed by atoms with Gasteiger partial charge in [0.05, 0.1) is 18.3 Å². The second-order valence-corrected chi connectivity index (χ2v) is 11.0. The third-order valence-electron chi connectivity index (χ3n) is 7.09. The summed E-state index contributed by atoms with van der Waals surface area (Å²) in [5.41, 5.74) is 5.48. The number of anilines is 1. The Bertz CT molecular complexity index is 1460. The van der Waals surface area contributed by atoms with Crippen molar-refractivity contribution in [3.8, 4) is 5.75 Å². The predicted molar refractivity (Wildman–Crippen MR) is 155 cm³/mol. The summed E-state index contributed by atoms with van der Waals surface area (Å²) < 4.78 is 5.71. The van der Waals surface area contributed by atoms with E-state index in [1.807, 2.05) is 84.9 Å². The molecule has 0 aliphatic carbocycles. The maximum Gasteiger partial charge on any atom is 0.265 e. The summed E-state index contributed by atoms with van der Waals surface area (Å²) in [5, 5.41) is 3.24. The summed E-state index contributed by atoms with van der Waals surface area (Å²) >= 11 is 0. The van der Waals surface area contributed by atoms with E-state index in [9.17, 15) is 9.59 Å². The van der Waals surface area contributed by atoms with Gasteiger partial charge in [0.2, 0.25) is 0 Å². The molecule has 1 aliphatic heterocycles. The van der Waals surface area contributed by atoms with Crippen molar-refractivity contribution < 1.29 is 14.3 Å². The van der Waals surface area contributed by atoms with Gasteiger partial charge in [-0.1, -0.05) is 99.6 Å². The first kappa shape index (κ1) is 26.2. The molecule has 0 fully saturated rings. The first-order chi connectivity index (χ1) is 18.8. The number of hydrogen-bond acceptors (Lipinski definition) is 3. The molecule has 39 heavy (non-hydrogen) atoms. The second kappa shape index (κ2) is 11.2. The molecule has 2 amide bonds. The molecule has 5 nitrogen and oxygen atoms in total. The lowest BCUT2D eigenvalue weighted by Crippen LogP contribution is -2.38. The van der Waals surface area contributed by atoms with Crippen LogP contribution in [0.2, 0.25) is 0 Å². The van der Waals surface area contributed by atoms with Gasteiger partial charge in [-0.25, -0.2) is 0 Å². The molecule has 0 bridgehead atoms. The van der Waals surface area contributed by atoms with Crippen LogP contribution in [-0.4, -0.2) is 18.4 Å². The molecule has 1 aliphatic rings. The van der Waals surface area contributed by atoms with Crippen molar-refractivity contribution in [2.75, 3.05) is 11.5 Å². The van der Waals surface area contributed by atoms with E-state index in [4.69, 9.17) is 4.74 Å². The van der Waals surface area contributed by atoms with Crippen LogP contribution in [0.5, 0.6) is 5.75 Å². The number of ether oxygens (including phenoxy) is 1. The van der Waals surface area contributed by atoms with Crippen LogP contribution in [0.3, 0.4) is 0 Å². The summed E-state index contributed by atoms with van der Waals surface area (Å²) in [6.07, 6.45) is 0.686. The van der Waals surface area contributed by atoms with Crippen LogP contribution in [0, 0.1) is 0 Å². The number of carbonyl (C=O) groups is 2. The second-order valence-electron chi connectivity index (χ2n) is 11.0. The number of benzene rings is 4. The van der Waals surface area contributed by atoms with Gasteiger partial charge in [0, 0.05) is 5.56 Å². The molecule has 0 spiro atoms. The highest BCUT2D eigenvalue weighted by Crippen LogP contribution is 2.37.